The molecule has 0 nitrogen and oxygen atoms in total. The van der Waals surface area contributed by atoms with Gasteiger partial charge >= 0.3 is 0 Å². The van der Waals surface area contributed by atoms with Gasteiger partial charge in [0.15, 0.2) is 0 Å². The van der Waals surface area contributed by atoms with Crippen LogP contribution in [-0.4, -0.2) is 0 Å². The summed E-state index contributed by atoms with van der Waals surface area (Å²) in [5, 5.41) is 0. The normalized spacial score (nSPS) is 25.2. The molecule has 60 valence electrons. The maximum atomic E-state index is 2.34. The second-order valence-corrected chi connectivity index (χ2v) is 3.22. The third kappa shape index (κ3) is 2.07. The van der Waals surface area contributed by atoms with Crippen molar-refractivity contribution in [1.29, 1.82) is 0 Å². The van der Waals surface area contributed by atoms with Crippen molar-refractivity contribution in [3.05, 3.63) is 35.5 Å². The Morgan fingerprint density at radius 3 is 2.91 bits per heavy atom. The molecule has 0 radical (unpaired) electrons. The van der Waals surface area contributed by atoms with Gasteiger partial charge in [0.05, 0.1) is 0 Å². The summed E-state index contributed by atoms with van der Waals surface area (Å²) in [4.78, 5) is 0. The standard InChI is InChI=1S/C11H16/c1-4-5-11-8-9(2)6-7-10(11)3/h4-5,7-9H,6H2,1-3H3/b5-4-. The summed E-state index contributed by atoms with van der Waals surface area (Å²) in [5.74, 6) is 0.713. The van der Waals surface area contributed by atoms with Crippen LogP contribution in [0.5, 0.6) is 0 Å². The lowest BCUT2D eigenvalue weighted by molar-refractivity contribution is 0.725. The fourth-order valence-electron chi connectivity index (χ4n) is 1.35. The molecule has 0 saturated heterocycles. The van der Waals surface area contributed by atoms with Crippen molar-refractivity contribution in [1.82, 2.24) is 0 Å². The van der Waals surface area contributed by atoms with Crippen molar-refractivity contribution in [2.75, 3.05) is 0 Å². The van der Waals surface area contributed by atoms with Crippen molar-refractivity contribution in [3.63, 3.8) is 0 Å². The third-order valence-corrected chi connectivity index (χ3v) is 2.06. The van der Waals surface area contributed by atoms with Gasteiger partial charge < -0.3 is 0 Å². The van der Waals surface area contributed by atoms with Gasteiger partial charge in [0.1, 0.15) is 0 Å². The van der Waals surface area contributed by atoms with Gasteiger partial charge in [-0.05, 0) is 37.3 Å². The molecule has 0 aliphatic heterocycles. The second-order valence-electron chi connectivity index (χ2n) is 3.22. The van der Waals surface area contributed by atoms with Gasteiger partial charge in [0, 0.05) is 0 Å². The van der Waals surface area contributed by atoms with Crippen molar-refractivity contribution in [2.24, 2.45) is 5.92 Å². The highest BCUT2D eigenvalue weighted by atomic mass is 14.1. The molecule has 0 heterocycles. The van der Waals surface area contributed by atoms with E-state index in [1.54, 1.807) is 0 Å². The van der Waals surface area contributed by atoms with Crippen LogP contribution in [0.3, 0.4) is 0 Å². The first-order valence-electron chi connectivity index (χ1n) is 4.25. The topological polar surface area (TPSA) is 0 Å². The summed E-state index contributed by atoms with van der Waals surface area (Å²) in [6.07, 6.45) is 10.1. The maximum absolute atomic E-state index is 2.34. The molecular weight excluding hydrogens is 132 g/mol. The first-order chi connectivity index (χ1) is 5.24. The zero-order valence-corrected chi connectivity index (χ0v) is 7.59. The molecule has 11 heavy (non-hydrogen) atoms. The van der Waals surface area contributed by atoms with E-state index in [2.05, 4.69) is 45.1 Å². The highest BCUT2D eigenvalue weighted by Crippen LogP contribution is 2.22. The molecule has 1 rings (SSSR count). The van der Waals surface area contributed by atoms with Crippen molar-refractivity contribution >= 4 is 0 Å². The lowest BCUT2D eigenvalue weighted by atomic mass is 9.92. The van der Waals surface area contributed by atoms with Crippen LogP contribution in [0.25, 0.3) is 0 Å². The monoisotopic (exact) mass is 148 g/mol. The zero-order valence-electron chi connectivity index (χ0n) is 7.59. The molecule has 0 aromatic rings. The lowest BCUT2D eigenvalue weighted by Crippen LogP contribution is -1.97. The van der Waals surface area contributed by atoms with Gasteiger partial charge in [0.25, 0.3) is 0 Å². The van der Waals surface area contributed by atoms with E-state index in [-0.39, 0.29) is 0 Å². The minimum Gasteiger partial charge on any atom is -0.0871 e. The molecule has 0 aromatic heterocycles. The summed E-state index contributed by atoms with van der Waals surface area (Å²) < 4.78 is 0. The Morgan fingerprint density at radius 2 is 2.27 bits per heavy atom. The first-order valence-corrected chi connectivity index (χ1v) is 4.25. The van der Waals surface area contributed by atoms with Gasteiger partial charge in [-0.3, -0.25) is 0 Å². The van der Waals surface area contributed by atoms with Gasteiger partial charge in [-0.1, -0.05) is 31.2 Å². The second kappa shape index (κ2) is 3.56. The highest BCUT2D eigenvalue weighted by molar-refractivity contribution is 5.40. The van der Waals surface area contributed by atoms with E-state index in [1.807, 2.05) is 0 Å². The maximum Gasteiger partial charge on any atom is -0.0218 e. The fraction of sp³-hybridized carbons (Fsp3) is 0.455. The molecule has 0 heteroatoms. The Kier molecular flexibility index (Phi) is 2.70. The Balaban J connectivity index is 2.81. The van der Waals surface area contributed by atoms with Gasteiger partial charge in [0.2, 0.25) is 0 Å². The Morgan fingerprint density at radius 1 is 1.55 bits per heavy atom. The minimum atomic E-state index is 0.713. The van der Waals surface area contributed by atoms with E-state index >= 15 is 0 Å². The number of rotatable bonds is 1. The summed E-state index contributed by atoms with van der Waals surface area (Å²) >= 11 is 0. The summed E-state index contributed by atoms with van der Waals surface area (Å²) in [5.41, 5.74) is 2.81. The Hall–Kier alpha value is -0.780. The van der Waals surface area contributed by atoms with Crippen LogP contribution in [0.15, 0.2) is 35.5 Å². The van der Waals surface area contributed by atoms with Gasteiger partial charge in [-0.15, -0.1) is 0 Å². The van der Waals surface area contributed by atoms with Crippen LogP contribution < -0.4 is 0 Å². The third-order valence-electron chi connectivity index (χ3n) is 2.06. The van der Waals surface area contributed by atoms with Gasteiger partial charge in [-0.25, -0.2) is 0 Å². The van der Waals surface area contributed by atoms with Crippen molar-refractivity contribution in [2.45, 2.75) is 27.2 Å². The number of allylic oxidation sites excluding steroid dienone is 6. The highest BCUT2D eigenvalue weighted by Gasteiger charge is 2.05. The van der Waals surface area contributed by atoms with Crippen LogP contribution in [0.1, 0.15) is 27.2 Å². The minimum absolute atomic E-state index is 0.713. The molecular formula is C11H16. The van der Waals surface area contributed by atoms with Crippen LogP contribution >= 0.6 is 0 Å². The Labute approximate surface area is 69.3 Å². The number of hydrogen-bond acceptors (Lipinski definition) is 0. The van der Waals surface area contributed by atoms with Crippen LogP contribution in [0.2, 0.25) is 0 Å². The molecule has 0 bridgehead atoms. The molecule has 1 aliphatic rings. The van der Waals surface area contributed by atoms with Crippen molar-refractivity contribution < 1.29 is 0 Å². The zero-order chi connectivity index (χ0) is 8.27. The average Bonchev–Trinajstić information content (AvgIpc) is 1.98. The molecule has 0 saturated carbocycles. The first kappa shape index (κ1) is 8.32. The number of hydrogen-bond donors (Lipinski definition) is 0. The summed E-state index contributed by atoms with van der Waals surface area (Å²) in [6, 6.07) is 0. The predicted octanol–water partition coefficient (Wildman–Crippen LogP) is 3.48. The van der Waals surface area contributed by atoms with Crippen LogP contribution in [-0.2, 0) is 0 Å². The van der Waals surface area contributed by atoms with Crippen LogP contribution in [0, 0.1) is 5.92 Å². The molecule has 0 N–H and O–H groups in total. The van der Waals surface area contributed by atoms with E-state index in [1.165, 1.54) is 17.6 Å². The fourth-order valence-corrected chi connectivity index (χ4v) is 1.35. The molecule has 1 atom stereocenters. The van der Waals surface area contributed by atoms with E-state index in [0.29, 0.717) is 5.92 Å². The Bertz CT molecular complexity index is 216. The summed E-state index contributed by atoms with van der Waals surface area (Å²) in [7, 11) is 0. The molecule has 1 unspecified atom stereocenters. The molecule has 0 aromatic carbocycles. The van der Waals surface area contributed by atoms with E-state index < -0.39 is 0 Å². The average molecular weight is 148 g/mol. The molecule has 1 aliphatic carbocycles. The molecule has 0 fully saturated rings. The predicted molar refractivity (Wildman–Crippen MR) is 50.4 cm³/mol. The van der Waals surface area contributed by atoms with Crippen molar-refractivity contribution in [3.8, 4) is 0 Å². The quantitative estimate of drug-likeness (QED) is 0.534. The summed E-state index contributed by atoms with van der Waals surface area (Å²) in [6.45, 7) is 6.50. The molecule has 0 spiro atoms. The van der Waals surface area contributed by atoms with E-state index in [9.17, 15) is 0 Å². The SMILES string of the molecule is C/C=C\C1=CC(C)CC=C1C. The molecule has 0 amide bonds. The largest absolute Gasteiger partial charge is 0.0871 e. The van der Waals surface area contributed by atoms with Crippen LogP contribution in [0.4, 0.5) is 0 Å². The van der Waals surface area contributed by atoms with E-state index in [4.69, 9.17) is 0 Å². The smallest absolute Gasteiger partial charge is 0.0218 e. The lowest BCUT2D eigenvalue weighted by Gasteiger charge is -2.13. The van der Waals surface area contributed by atoms with Gasteiger partial charge in [-0.2, -0.15) is 0 Å². The van der Waals surface area contributed by atoms with E-state index in [0.717, 1.165) is 0 Å².